The van der Waals surface area contributed by atoms with Crippen LogP contribution in [0.15, 0.2) is 6.33 Å². The molecule has 1 aliphatic heterocycles. The fourth-order valence-electron chi connectivity index (χ4n) is 1.37. The highest BCUT2D eigenvalue weighted by Crippen LogP contribution is 2.26. The molecule has 1 saturated heterocycles. The van der Waals surface area contributed by atoms with E-state index in [9.17, 15) is 15.0 Å². The highest BCUT2D eigenvalue weighted by molar-refractivity contribution is 5.88. The third-order valence-electron chi connectivity index (χ3n) is 2.20. The second-order valence-corrected chi connectivity index (χ2v) is 3.31. The molecule has 1 amide bonds. The van der Waals surface area contributed by atoms with Crippen LogP contribution in [0.2, 0.25) is 0 Å². The number of aromatic nitrogens is 3. The quantitative estimate of drug-likeness (QED) is 0.422. The van der Waals surface area contributed by atoms with Crippen molar-refractivity contribution in [1.29, 1.82) is 0 Å². The van der Waals surface area contributed by atoms with Gasteiger partial charge < -0.3 is 25.8 Å². The van der Waals surface area contributed by atoms with Crippen LogP contribution in [0, 0.1) is 0 Å². The Balaban J connectivity index is 2.21. The second kappa shape index (κ2) is 3.79. The van der Waals surface area contributed by atoms with Crippen LogP contribution in [0.5, 0.6) is 0 Å². The Kier molecular flexibility index (Phi) is 2.59. The molecule has 0 saturated carbocycles. The number of hydrogen-bond donors (Lipinski definition) is 4. The van der Waals surface area contributed by atoms with Gasteiger partial charge >= 0.3 is 0 Å². The summed E-state index contributed by atoms with van der Waals surface area (Å²) in [6, 6.07) is 0. The van der Waals surface area contributed by atoms with Crippen LogP contribution in [0.1, 0.15) is 16.8 Å². The van der Waals surface area contributed by atoms with Crippen LogP contribution in [-0.4, -0.2) is 54.5 Å². The molecule has 1 aromatic rings. The van der Waals surface area contributed by atoms with Crippen LogP contribution in [0.3, 0.4) is 0 Å². The SMILES string of the molecule is NC(=O)c1ncn([C@@H]2O[C@H](O)C(O)[C@H]2O)n1. The molecule has 2 heterocycles. The first-order valence-electron chi connectivity index (χ1n) is 4.41. The molecule has 88 valence electrons. The average molecular weight is 230 g/mol. The average Bonchev–Trinajstić information content (AvgIpc) is 2.79. The molecule has 1 aromatic heterocycles. The summed E-state index contributed by atoms with van der Waals surface area (Å²) in [7, 11) is 0. The lowest BCUT2D eigenvalue weighted by Crippen LogP contribution is -2.31. The lowest BCUT2D eigenvalue weighted by atomic mass is 10.2. The van der Waals surface area contributed by atoms with Gasteiger partial charge in [-0.3, -0.25) is 4.79 Å². The van der Waals surface area contributed by atoms with Gasteiger partial charge in [0.2, 0.25) is 5.82 Å². The van der Waals surface area contributed by atoms with Gasteiger partial charge in [0.15, 0.2) is 12.5 Å². The van der Waals surface area contributed by atoms with E-state index >= 15 is 0 Å². The van der Waals surface area contributed by atoms with E-state index in [1.54, 1.807) is 0 Å². The third kappa shape index (κ3) is 1.65. The van der Waals surface area contributed by atoms with E-state index in [0.717, 1.165) is 11.0 Å². The minimum absolute atomic E-state index is 0.244. The molecule has 4 atom stereocenters. The predicted octanol–water partition coefficient (Wildman–Crippen LogP) is -3.05. The topological polar surface area (TPSA) is 144 Å². The number of nitrogens with two attached hydrogens (primary N) is 1. The van der Waals surface area contributed by atoms with Crippen molar-refractivity contribution in [3.63, 3.8) is 0 Å². The standard InChI is InChI=1S/C7H10N4O5/c8-4(14)5-9-1-11(10-5)6-2(12)3(13)7(15)16-6/h1-3,6-7,12-13,15H,(H2,8,14)/t2-,3?,6-,7+/m1/s1. The first-order valence-corrected chi connectivity index (χ1v) is 4.41. The second-order valence-electron chi connectivity index (χ2n) is 3.31. The zero-order valence-corrected chi connectivity index (χ0v) is 7.96. The number of ether oxygens (including phenoxy) is 1. The number of carbonyl (C=O) groups excluding carboxylic acids is 1. The van der Waals surface area contributed by atoms with E-state index in [4.69, 9.17) is 15.6 Å². The molecule has 1 unspecified atom stereocenters. The molecule has 1 aliphatic rings. The monoisotopic (exact) mass is 230 g/mol. The number of rotatable bonds is 2. The molecule has 0 radical (unpaired) electrons. The van der Waals surface area contributed by atoms with Gasteiger partial charge in [-0.25, -0.2) is 9.67 Å². The lowest BCUT2D eigenvalue weighted by Gasteiger charge is -2.13. The van der Waals surface area contributed by atoms with E-state index < -0.39 is 30.6 Å². The minimum atomic E-state index is -1.51. The molecule has 9 heteroatoms. The first kappa shape index (κ1) is 11.0. The maximum absolute atomic E-state index is 10.7. The molecule has 9 nitrogen and oxygen atoms in total. The maximum atomic E-state index is 10.7. The van der Waals surface area contributed by atoms with Gasteiger partial charge in [0.05, 0.1) is 0 Å². The van der Waals surface area contributed by atoms with E-state index in [0.29, 0.717) is 0 Å². The van der Waals surface area contributed by atoms with Gasteiger partial charge in [-0.05, 0) is 0 Å². The minimum Gasteiger partial charge on any atom is -0.385 e. The Morgan fingerprint density at radius 2 is 2.12 bits per heavy atom. The van der Waals surface area contributed by atoms with Crippen molar-refractivity contribution >= 4 is 5.91 Å². The number of carbonyl (C=O) groups is 1. The lowest BCUT2D eigenvalue weighted by molar-refractivity contribution is -0.144. The summed E-state index contributed by atoms with van der Waals surface area (Å²) in [5, 5.41) is 31.5. The summed E-state index contributed by atoms with van der Waals surface area (Å²) in [6.07, 6.45) is -4.31. The van der Waals surface area contributed by atoms with E-state index in [-0.39, 0.29) is 5.82 Å². The maximum Gasteiger partial charge on any atom is 0.288 e. The number of aliphatic hydroxyl groups excluding tert-OH is 3. The van der Waals surface area contributed by atoms with Crippen molar-refractivity contribution in [3.8, 4) is 0 Å². The summed E-state index contributed by atoms with van der Waals surface area (Å²) in [4.78, 5) is 14.3. The van der Waals surface area contributed by atoms with Gasteiger partial charge in [-0.15, -0.1) is 5.10 Å². The molecule has 1 fully saturated rings. The summed E-state index contributed by atoms with van der Waals surface area (Å²) in [5.74, 6) is -1.07. The third-order valence-corrected chi connectivity index (χ3v) is 2.20. The van der Waals surface area contributed by atoms with Crippen molar-refractivity contribution < 1.29 is 24.9 Å². The van der Waals surface area contributed by atoms with Crippen LogP contribution in [0.25, 0.3) is 0 Å². The van der Waals surface area contributed by atoms with Crippen LogP contribution < -0.4 is 5.73 Å². The van der Waals surface area contributed by atoms with Crippen LogP contribution in [0.4, 0.5) is 0 Å². The molecule has 0 aliphatic carbocycles. The zero-order chi connectivity index (χ0) is 11.9. The molecular formula is C7H10N4O5. The largest absolute Gasteiger partial charge is 0.385 e. The van der Waals surface area contributed by atoms with Crippen molar-refractivity contribution in [2.45, 2.75) is 24.7 Å². The van der Waals surface area contributed by atoms with Gasteiger partial charge in [0.25, 0.3) is 5.91 Å². The predicted molar refractivity (Wildman–Crippen MR) is 46.7 cm³/mol. The van der Waals surface area contributed by atoms with Crippen molar-refractivity contribution in [1.82, 2.24) is 14.8 Å². The number of nitrogens with zero attached hydrogens (tertiary/aromatic N) is 3. The summed E-state index contributed by atoms with van der Waals surface area (Å²) < 4.78 is 5.83. The Hall–Kier alpha value is -1.55. The van der Waals surface area contributed by atoms with Gasteiger partial charge in [0.1, 0.15) is 18.5 Å². The highest BCUT2D eigenvalue weighted by Gasteiger charge is 2.43. The number of primary amides is 1. The number of amides is 1. The Labute approximate surface area is 89.1 Å². The number of aliphatic hydroxyl groups is 3. The van der Waals surface area contributed by atoms with Gasteiger partial charge in [-0.2, -0.15) is 0 Å². The molecule has 0 aromatic carbocycles. The van der Waals surface area contributed by atoms with Gasteiger partial charge in [0, 0.05) is 0 Å². The van der Waals surface area contributed by atoms with Crippen molar-refractivity contribution in [3.05, 3.63) is 12.2 Å². The van der Waals surface area contributed by atoms with E-state index in [2.05, 4.69) is 10.1 Å². The molecule has 0 spiro atoms. The number of hydrogen-bond acceptors (Lipinski definition) is 7. The molecule has 16 heavy (non-hydrogen) atoms. The normalized spacial score (nSPS) is 34.2. The van der Waals surface area contributed by atoms with E-state index in [1.807, 2.05) is 0 Å². The molecule has 0 bridgehead atoms. The Bertz CT molecular complexity index is 407. The van der Waals surface area contributed by atoms with E-state index in [1.165, 1.54) is 0 Å². The summed E-state index contributed by atoms with van der Waals surface area (Å²) >= 11 is 0. The van der Waals surface area contributed by atoms with Crippen molar-refractivity contribution in [2.24, 2.45) is 5.73 Å². The first-order chi connectivity index (χ1) is 7.50. The zero-order valence-electron chi connectivity index (χ0n) is 7.96. The van der Waals surface area contributed by atoms with Crippen LogP contribution in [-0.2, 0) is 4.74 Å². The molecule has 2 rings (SSSR count). The fraction of sp³-hybridized carbons (Fsp3) is 0.571. The van der Waals surface area contributed by atoms with Gasteiger partial charge in [-0.1, -0.05) is 0 Å². The fourth-order valence-corrected chi connectivity index (χ4v) is 1.37. The summed E-state index contributed by atoms with van der Waals surface area (Å²) in [5.41, 5.74) is 4.94. The van der Waals surface area contributed by atoms with Crippen LogP contribution >= 0.6 is 0 Å². The Morgan fingerprint density at radius 3 is 2.56 bits per heavy atom. The Morgan fingerprint density at radius 1 is 1.44 bits per heavy atom. The molecular weight excluding hydrogens is 220 g/mol. The highest BCUT2D eigenvalue weighted by atomic mass is 16.7. The molecule has 5 N–H and O–H groups in total. The summed E-state index contributed by atoms with van der Waals surface area (Å²) in [6.45, 7) is 0. The van der Waals surface area contributed by atoms with Crippen molar-refractivity contribution in [2.75, 3.05) is 0 Å². The smallest absolute Gasteiger partial charge is 0.288 e.